The topological polar surface area (TPSA) is 52.6 Å². The molecule has 0 aromatic heterocycles. The zero-order valence-electron chi connectivity index (χ0n) is 13.8. The maximum atomic E-state index is 12.6. The summed E-state index contributed by atoms with van der Waals surface area (Å²) in [5.41, 5.74) is 1.38. The van der Waals surface area contributed by atoms with Gasteiger partial charge in [-0.2, -0.15) is 0 Å². The van der Waals surface area contributed by atoms with Gasteiger partial charge >= 0.3 is 0 Å². The molecule has 0 bridgehead atoms. The molecule has 1 aliphatic carbocycles. The Labute approximate surface area is 137 Å². The molecule has 1 aromatic carbocycles. The lowest BCUT2D eigenvalue weighted by atomic mass is 10.1. The highest BCUT2D eigenvalue weighted by Gasteiger charge is 2.23. The minimum Gasteiger partial charge on any atom is -0.336 e. The number of carbonyl (C=O) groups excluding carboxylic acids is 2. The van der Waals surface area contributed by atoms with Crippen LogP contribution in [0.25, 0.3) is 0 Å². The Morgan fingerprint density at radius 1 is 1.09 bits per heavy atom. The molecule has 3 rings (SSSR count). The molecular weight excluding hydrogens is 290 g/mol. The molecule has 1 saturated heterocycles. The van der Waals surface area contributed by atoms with E-state index in [9.17, 15) is 9.59 Å². The maximum Gasteiger partial charge on any atom is 0.254 e. The maximum absolute atomic E-state index is 12.6. The van der Waals surface area contributed by atoms with E-state index in [2.05, 4.69) is 17.3 Å². The van der Waals surface area contributed by atoms with E-state index < -0.39 is 0 Å². The summed E-state index contributed by atoms with van der Waals surface area (Å²) in [7, 11) is 2.07. The summed E-state index contributed by atoms with van der Waals surface area (Å²) < 4.78 is 0. The van der Waals surface area contributed by atoms with E-state index in [1.807, 2.05) is 23.1 Å². The summed E-state index contributed by atoms with van der Waals surface area (Å²) in [4.78, 5) is 28.9. The van der Waals surface area contributed by atoms with Crippen molar-refractivity contribution in [1.82, 2.24) is 9.80 Å². The molecule has 1 heterocycles. The molecule has 5 heteroatoms. The van der Waals surface area contributed by atoms with Crippen LogP contribution in [0.3, 0.4) is 0 Å². The molecule has 2 fully saturated rings. The number of anilines is 1. The molecule has 2 aliphatic rings. The lowest BCUT2D eigenvalue weighted by Crippen LogP contribution is -2.47. The Kier molecular flexibility index (Phi) is 4.96. The first-order chi connectivity index (χ1) is 11.1. The van der Waals surface area contributed by atoms with Crippen molar-refractivity contribution in [2.45, 2.75) is 25.7 Å². The zero-order valence-corrected chi connectivity index (χ0v) is 13.8. The van der Waals surface area contributed by atoms with Crippen LogP contribution < -0.4 is 5.32 Å². The third-order valence-electron chi connectivity index (χ3n) is 4.89. The van der Waals surface area contributed by atoms with Crippen LogP contribution in [-0.2, 0) is 4.79 Å². The predicted octanol–water partition coefficient (Wildman–Crippen LogP) is 2.20. The highest BCUT2D eigenvalue weighted by Crippen LogP contribution is 2.26. The van der Waals surface area contributed by atoms with E-state index in [-0.39, 0.29) is 17.7 Å². The third kappa shape index (κ3) is 3.91. The fraction of sp³-hybridized carbons (Fsp3) is 0.556. The normalized spacial score (nSPS) is 19.8. The summed E-state index contributed by atoms with van der Waals surface area (Å²) in [5.74, 6) is 0.272. The van der Waals surface area contributed by atoms with Crippen LogP contribution in [0.4, 0.5) is 5.69 Å². The number of hydrogen-bond acceptors (Lipinski definition) is 3. The molecule has 0 atom stereocenters. The summed E-state index contributed by atoms with van der Waals surface area (Å²) in [5, 5.41) is 2.97. The van der Waals surface area contributed by atoms with E-state index in [4.69, 9.17) is 0 Å². The van der Waals surface area contributed by atoms with Gasteiger partial charge in [0.1, 0.15) is 0 Å². The van der Waals surface area contributed by atoms with Gasteiger partial charge in [0.25, 0.3) is 5.91 Å². The average Bonchev–Trinajstić information content (AvgIpc) is 3.10. The van der Waals surface area contributed by atoms with Gasteiger partial charge in [-0.3, -0.25) is 9.59 Å². The molecule has 1 saturated carbocycles. The summed E-state index contributed by atoms with van der Waals surface area (Å²) in [6, 6.07) is 7.32. The number of nitrogens with zero attached hydrogens (tertiary/aromatic N) is 2. The van der Waals surface area contributed by atoms with Gasteiger partial charge in [0, 0.05) is 43.3 Å². The first kappa shape index (κ1) is 16.0. The van der Waals surface area contributed by atoms with Crippen molar-refractivity contribution in [3.05, 3.63) is 29.8 Å². The minimum atomic E-state index is 0.0510. The number of carbonyl (C=O) groups is 2. The quantitative estimate of drug-likeness (QED) is 0.930. The summed E-state index contributed by atoms with van der Waals surface area (Å²) >= 11 is 0. The molecule has 23 heavy (non-hydrogen) atoms. The van der Waals surface area contributed by atoms with Crippen molar-refractivity contribution in [1.29, 1.82) is 0 Å². The summed E-state index contributed by atoms with van der Waals surface area (Å²) in [6.45, 7) is 3.33. The van der Waals surface area contributed by atoms with E-state index in [1.54, 1.807) is 6.07 Å². The number of benzene rings is 1. The van der Waals surface area contributed by atoms with Gasteiger partial charge in [0.2, 0.25) is 5.91 Å². The second-order valence-corrected chi connectivity index (χ2v) is 6.65. The van der Waals surface area contributed by atoms with Crippen LogP contribution in [-0.4, -0.2) is 54.8 Å². The lowest BCUT2D eigenvalue weighted by Gasteiger charge is -2.32. The highest BCUT2D eigenvalue weighted by atomic mass is 16.2. The van der Waals surface area contributed by atoms with E-state index >= 15 is 0 Å². The van der Waals surface area contributed by atoms with Crippen LogP contribution in [0.15, 0.2) is 24.3 Å². The van der Waals surface area contributed by atoms with Gasteiger partial charge < -0.3 is 15.1 Å². The molecule has 0 spiro atoms. The van der Waals surface area contributed by atoms with Crippen LogP contribution in [0.5, 0.6) is 0 Å². The van der Waals surface area contributed by atoms with E-state index in [0.29, 0.717) is 5.56 Å². The Balaban J connectivity index is 1.64. The predicted molar refractivity (Wildman–Crippen MR) is 90.4 cm³/mol. The highest BCUT2D eigenvalue weighted by molar-refractivity contribution is 5.97. The van der Waals surface area contributed by atoms with Gasteiger partial charge in [-0.15, -0.1) is 0 Å². The number of piperazine rings is 1. The molecule has 0 unspecified atom stereocenters. The van der Waals surface area contributed by atoms with Crippen molar-refractivity contribution < 1.29 is 9.59 Å². The number of nitrogens with one attached hydrogen (secondary N) is 1. The fourth-order valence-corrected chi connectivity index (χ4v) is 3.35. The van der Waals surface area contributed by atoms with E-state index in [1.165, 1.54) is 0 Å². The fourth-order valence-electron chi connectivity index (χ4n) is 3.35. The van der Waals surface area contributed by atoms with Gasteiger partial charge in [-0.05, 0) is 38.1 Å². The lowest BCUT2D eigenvalue weighted by molar-refractivity contribution is -0.119. The van der Waals surface area contributed by atoms with Crippen molar-refractivity contribution in [2.24, 2.45) is 5.92 Å². The van der Waals surface area contributed by atoms with Crippen LogP contribution in [0.2, 0.25) is 0 Å². The Hall–Kier alpha value is -1.88. The molecule has 124 valence electrons. The number of amides is 2. The first-order valence-corrected chi connectivity index (χ1v) is 8.52. The van der Waals surface area contributed by atoms with Crippen molar-refractivity contribution >= 4 is 17.5 Å². The monoisotopic (exact) mass is 315 g/mol. The van der Waals surface area contributed by atoms with Gasteiger partial charge in [-0.25, -0.2) is 0 Å². The first-order valence-electron chi connectivity index (χ1n) is 8.52. The number of likely N-dealkylation sites (N-methyl/N-ethyl adjacent to an activating group) is 1. The Morgan fingerprint density at radius 2 is 1.78 bits per heavy atom. The molecule has 1 aromatic rings. The third-order valence-corrected chi connectivity index (χ3v) is 4.89. The Morgan fingerprint density at radius 3 is 2.48 bits per heavy atom. The number of hydrogen-bond donors (Lipinski definition) is 1. The molecule has 1 N–H and O–H groups in total. The molecular formula is C18H25N3O2. The van der Waals surface area contributed by atoms with Gasteiger partial charge in [0.05, 0.1) is 0 Å². The van der Waals surface area contributed by atoms with Gasteiger partial charge in [0.15, 0.2) is 0 Å². The van der Waals surface area contributed by atoms with Crippen LogP contribution in [0.1, 0.15) is 36.0 Å². The Bertz CT molecular complexity index is 573. The molecule has 2 amide bonds. The molecule has 0 radical (unpaired) electrons. The standard InChI is InChI=1S/C18H25N3O2/c1-20-9-11-21(12-10-20)18(23)15-7-4-8-16(13-15)19-17(22)14-5-2-3-6-14/h4,7-8,13-14H,2-3,5-6,9-12H2,1H3,(H,19,22). The van der Waals surface area contributed by atoms with Crippen LogP contribution >= 0.6 is 0 Å². The SMILES string of the molecule is CN1CCN(C(=O)c2cccc(NC(=O)C3CCCC3)c2)CC1. The smallest absolute Gasteiger partial charge is 0.254 e. The zero-order chi connectivity index (χ0) is 16.2. The van der Waals surface area contributed by atoms with Crippen molar-refractivity contribution in [3.8, 4) is 0 Å². The summed E-state index contributed by atoms with van der Waals surface area (Å²) in [6.07, 6.45) is 4.23. The second-order valence-electron chi connectivity index (χ2n) is 6.65. The van der Waals surface area contributed by atoms with Crippen molar-refractivity contribution in [2.75, 3.05) is 38.5 Å². The van der Waals surface area contributed by atoms with Crippen LogP contribution in [0, 0.1) is 5.92 Å². The van der Waals surface area contributed by atoms with Crippen molar-refractivity contribution in [3.63, 3.8) is 0 Å². The molecule has 5 nitrogen and oxygen atoms in total. The number of rotatable bonds is 3. The second kappa shape index (κ2) is 7.13. The molecule has 1 aliphatic heterocycles. The average molecular weight is 315 g/mol. The van der Waals surface area contributed by atoms with Gasteiger partial charge in [-0.1, -0.05) is 18.9 Å². The van der Waals surface area contributed by atoms with E-state index in [0.717, 1.165) is 57.5 Å². The largest absolute Gasteiger partial charge is 0.336 e. The minimum absolute atomic E-state index is 0.0510.